The number of rotatable bonds is 5. The second kappa shape index (κ2) is 8.47. The molecule has 1 atom stereocenters. The average molecular weight is 395 g/mol. The standard InChI is InChI=1S/C23H23F2N3O/c24-19-7-5-6-18(16-19)22(26-10-3-4-11-26)17-23(29)28-14-12-27(13-15-28)21-9-2-1-8-20(21)25/h1-11,16,22H,12-15,17H2/t22-/m0/s1. The van der Waals surface area contributed by atoms with Crippen molar-refractivity contribution >= 4 is 11.6 Å². The number of hydrogen-bond donors (Lipinski definition) is 0. The predicted octanol–water partition coefficient (Wildman–Crippen LogP) is 4.09. The lowest BCUT2D eigenvalue weighted by Gasteiger charge is -2.37. The van der Waals surface area contributed by atoms with E-state index >= 15 is 0 Å². The van der Waals surface area contributed by atoms with Gasteiger partial charge >= 0.3 is 0 Å². The zero-order chi connectivity index (χ0) is 20.2. The highest BCUT2D eigenvalue weighted by molar-refractivity contribution is 5.77. The Balaban J connectivity index is 1.44. The molecule has 0 aliphatic carbocycles. The summed E-state index contributed by atoms with van der Waals surface area (Å²) in [7, 11) is 0. The van der Waals surface area contributed by atoms with Crippen molar-refractivity contribution in [3.63, 3.8) is 0 Å². The second-order valence-corrected chi connectivity index (χ2v) is 7.22. The fourth-order valence-corrected chi connectivity index (χ4v) is 3.86. The van der Waals surface area contributed by atoms with E-state index in [-0.39, 0.29) is 30.0 Å². The van der Waals surface area contributed by atoms with Crippen LogP contribution in [0.4, 0.5) is 14.5 Å². The maximum atomic E-state index is 14.0. The number of aromatic nitrogens is 1. The third-order valence-electron chi connectivity index (χ3n) is 5.41. The van der Waals surface area contributed by atoms with E-state index in [1.165, 1.54) is 18.2 Å². The summed E-state index contributed by atoms with van der Waals surface area (Å²) in [5.74, 6) is -0.544. The van der Waals surface area contributed by atoms with Crippen molar-refractivity contribution in [1.29, 1.82) is 0 Å². The summed E-state index contributed by atoms with van der Waals surface area (Å²) in [4.78, 5) is 16.8. The first-order valence-corrected chi connectivity index (χ1v) is 9.77. The van der Waals surface area contributed by atoms with Crippen LogP contribution in [-0.2, 0) is 4.79 Å². The van der Waals surface area contributed by atoms with Crippen molar-refractivity contribution in [3.8, 4) is 0 Å². The number of halogens is 2. The highest BCUT2D eigenvalue weighted by atomic mass is 19.1. The van der Waals surface area contributed by atoms with Crippen LogP contribution < -0.4 is 4.90 Å². The van der Waals surface area contributed by atoms with Gasteiger partial charge in [0.05, 0.1) is 18.2 Å². The summed E-state index contributed by atoms with van der Waals surface area (Å²) >= 11 is 0. The molecule has 1 aromatic heterocycles. The van der Waals surface area contributed by atoms with Gasteiger partial charge in [-0.15, -0.1) is 0 Å². The number of benzene rings is 2. The zero-order valence-electron chi connectivity index (χ0n) is 16.0. The Kier molecular flexibility index (Phi) is 5.60. The Hall–Kier alpha value is -3.15. The van der Waals surface area contributed by atoms with E-state index in [0.717, 1.165) is 5.56 Å². The minimum Gasteiger partial charge on any atom is -0.366 e. The third-order valence-corrected chi connectivity index (χ3v) is 5.41. The van der Waals surface area contributed by atoms with E-state index in [1.54, 1.807) is 18.2 Å². The number of nitrogens with zero attached hydrogens (tertiary/aromatic N) is 3. The molecular weight excluding hydrogens is 372 g/mol. The van der Waals surface area contributed by atoms with E-state index < -0.39 is 0 Å². The fourth-order valence-electron chi connectivity index (χ4n) is 3.86. The molecule has 2 heterocycles. The van der Waals surface area contributed by atoms with Gasteiger partial charge in [0.1, 0.15) is 11.6 Å². The Morgan fingerprint density at radius 3 is 2.31 bits per heavy atom. The maximum Gasteiger partial charge on any atom is 0.225 e. The minimum atomic E-state index is -0.314. The first-order valence-electron chi connectivity index (χ1n) is 9.77. The topological polar surface area (TPSA) is 28.5 Å². The van der Waals surface area contributed by atoms with Crippen LogP contribution in [-0.4, -0.2) is 41.6 Å². The summed E-state index contributed by atoms with van der Waals surface area (Å²) in [6.07, 6.45) is 4.02. The Bertz CT molecular complexity index is 966. The second-order valence-electron chi connectivity index (χ2n) is 7.22. The van der Waals surface area contributed by atoms with Gasteiger partial charge in [-0.2, -0.15) is 0 Å². The molecule has 6 heteroatoms. The number of hydrogen-bond acceptors (Lipinski definition) is 2. The molecule has 3 aromatic rings. The smallest absolute Gasteiger partial charge is 0.225 e. The van der Waals surface area contributed by atoms with Crippen molar-refractivity contribution < 1.29 is 13.6 Å². The van der Waals surface area contributed by atoms with E-state index in [9.17, 15) is 13.6 Å². The lowest BCUT2D eigenvalue weighted by atomic mass is 10.0. The molecule has 1 aliphatic rings. The first-order chi connectivity index (χ1) is 14.1. The molecule has 0 radical (unpaired) electrons. The lowest BCUT2D eigenvalue weighted by molar-refractivity contribution is -0.132. The largest absolute Gasteiger partial charge is 0.366 e. The molecule has 4 nitrogen and oxygen atoms in total. The van der Waals surface area contributed by atoms with Gasteiger partial charge in [-0.25, -0.2) is 8.78 Å². The highest BCUT2D eigenvalue weighted by Gasteiger charge is 2.26. The summed E-state index contributed by atoms with van der Waals surface area (Å²) in [6.45, 7) is 2.24. The SMILES string of the molecule is O=C(C[C@@H](c1cccc(F)c1)n1cccc1)N1CCN(c2ccccc2F)CC1. The molecule has 0 spiro atoms. The lowest BCUT2D eigenvalue weighted by Crippen LogP contribution is -2.49. The van der Waals surface area contributed by atoms with Crippen LogP contribution in [0.1, 0.15) is 18.0 Å². The quantitative estimate of drug-likeness (QED) is 0.651. The molecular formula is C23H23F2N3O. The Morgan fingerprint density at radius 2 is 1.62 bits per heavy atom. The van der Waals surface area contributed by atoms with Crippen LogP contribution in [0, 0.1) is 11.6 Å². The van der Waals surface area contributed by atoms with Gasteiger partial charge in [-0.1, -0.05) is 24.3 Å². The maximum absolute atomic E-state index is 14.0. The van der Waals surface area contributed by atoms with E-state index in [2.05, 4.69) is 0 Å². The van der Waals surface area contributed by atoms with Crippen LogP contribution in [0.2, 0.25) is 0 Å². The van der Waals surface area contributed by atoms with Crippen LogP contribution >= 0.6 is 0 Å². The van der Waals surface area contributed by atoms with Crippen molar-refractivity contribution in [2.24, 2.45) is 0 Å². The molecule has 1 saturated heterocycles. The summed E-state index contributed by atoms with van der Waals surface area (Å²) in [6, 6.07) is 16.6. The molecule has 0 bridgehead atoms. The molecule has 150 valence electrons. The molecule has 1 aliphatic heterocycles. The average Bonchev–Trinajstić information content (AvgIpc) is 3.27. The van der Waals surface area contributed by atoms with Crippen LogP contribution in [0.15, 0.2) is 73.1 Å². The van der Waals surface area contributed by atoms with Gasteiger partial charge < -0.3 is 14.4 Å². The van der Waals surface area contributed by atoms with Crippen molar-refractivity contribution in [1.82, 2.24) is 9.47 Å². The van der Waals surface area contributed by atoms with Gasteiger partial charge in [0, 0.05) is 38.6 Å². The van der Waals surface area contributed by atoms with Gasteiger partial charge in [0.15, 0.2) is 0 Å². The van der Waals surface area contributed by atoms with Crippen molar-refractivity contribution in [2.75, 3.05) is 31.1 Å². The molecule has 0 N–H and O–H groups in total. The number of anilines is 1. The van der Waals surface area contributed by atoms with E-state index in [0.29, 0.717) is 31.9 Å². The highest BCUT2D eigenvalue weighted by Crippen LogP contribution is 2.25. The van der Waals surface area contributed by atoms with Crippen LogP contribution in [0.5, 0.6) is 0 Å². The van der Waals surface area contributed by atoms with E-state index in [4.69, 9.17) is 0 Å². The minimum absolute atomic E-state index is 0.0149. The predicted molar refractivity (Wildman–Crippen MR) is 109 cm³/mol. The molecule has 29 heavy (non-hydrogen) atoms. The fraction of sp³-hybridized carbons (Fsp3) is 0.261. The number of carbonyl (C=O) groups excluding carboxylic acids is 1. The van der Waals surface area contributed by atoms with Crippen molar-refractivity contribution in [2.45, 2.75) is 12.5 Å². The summed E-state index contributed by atoms with van der Waals surface area (Å²) in [5, 5.41) is 0. The molecule has 2 aromatic carbocycles. The Labute approximate surface area is 169 Å². The first kappa shape index (κ1) is 19.2. The third kappa shape index (κ3) is 4.31. The molecule has 1 fully saturated rings. The normalized spacial score (nSPS) is 15.4. The van der Waals surface area contributed by atoms with E-state index in [1.807, 2.05) is 51.0 Å². The molecule has 0 unspecified atom stereocenters. The van der Waals surface area contributed by atoms with Gasteiger partial charge in [-0.3, -0.25) is 4.79 Å². The molecule has 4 rings (SSSR count). The monoisotopic (exact) mass is 395 g/mol. The number of carbonyl (C=O) groups is 1. The van der Waals surface area contributed by atoms with Crippen LogP contribution in [0.3, 0.4) is 0 Å². The zero-order valence-corrected chi connectivity index (χ0v) is 16.0. The molecule has 1 amide bonds. The van der Waals surface area contributed by atoms with Gasteiger partial charge in [0.25, 0.3) is 0 Å². The van der Waals surface area contributed by atoms with Crippen molar-refractivity contribution in [3.05, 3.63) is 90.3 Å². The molecule has 0 saturated carbocycles. The Morgan fingerprint density at radius 1 is 0.897 bits per heavy atom. The van der Waals surface area contributed by atoms with Crippen LogP contribution in [0.25, 0.3) is 0 Å². The number of amides is 1. The summed E-state index contributed by atoms with van der Waals surface area (Å²) in [5.41, 5.74) is 1.34. The summed E-state index contributed by atoms with van der Waals surface area (Å²) < 4.78 is 29.7. The van der Waals surface area contributed by atoms with Gasteiger partial charge in [0.2, 0.25) is 5.91 Å². The number of piperazine rings is 1. The van der Waals surface area contributed by atoms with Gasteiger partial charge in [-0.05, 0) is 42.0 Å². The number of para-hydroxylation sites is 1.